The van der Waals surface area contributed by atoms with E-state index in [0.29, 0.717) is 35.7 Å². The van der Waals surface area contributed by atoms with Crippen LogP contribution in [-0.4, -0.2) is 31.5 Å². The summed E-state index contributed by atoms with van der Waals surface area (Å²) < 4.78 is 11.8. The number of ether oxygens (including phenoxy) is 1. The first-order valence-electron chi connectivity index (χ1n) is 9.07. The molecule has 1 fully saturated rings. The zero-order valence-corrected chi connectivity index (χ0v) is 17.3. The summed E-state index contributed by atoms with van der Waals surface area (Å²) in [6, 6.07) is 9.55. The molecule has 4 heterocycles. The van der Waals surface area contributed by atoms with E-state index >= 15 is 0 Å². The standard InChI is InChI=1S/C19H17BrN4O3S/c20-13-5-3-12(4-6-13)10-23-19(26)24-15-7-9-28-16(15)17(25)22(18(24)21-23)11-14-2-1-8-27-14/h3-7,9,14H,1-2,8,10-11H2/t14-/m1/s1. The minimum absolute atomic E-state index is 0.0226. The summed E-state index contributed by atoms with van der Waals surface area (Å²) in [4.78, 5) is 26.2. The molecule has 0 radical (unpaired) electrons. The molecule has 1 aliphatic heterocycles. The average Bonchev–Trinajstić information content (AvgIpc) is 3.42. The summed E-state index contributed by atoms with van der Waals surface area (Å²) in [5, 5.41) is 6.36. The monoisotopic (exact) mass is 460 g/mol. The van der Waals surface area contributed by atoms with Crippen LogP contribution < -0.4 is 11.2 Å². The lowest BCUT2D eigenvalue weighted by Gasteiger charge is -2.12. The first-order chi connectivity index (χ1) is 13.6. The van der Waals surface area contributed by atoms with E-state index in [9.17, 15) is 9.59 Å². The van der Waals surface area contributed by atoms with Crippen LogP contribution in [0.5, 0.6) is 0 Å². The quantitative estimate of drug-likeness (QED) is 0.469. The Balaban J connectivity index is 1.69. The van der Waals surface area contributed by atoms with Gasteiger partial charge in [0.2, 0.25) is 5.78 Å². The number of aromatic nitrogens is 4. The maximum atomic E-state index is 13.1. The molecule has 0 N–H and O–H groups in total. The second-order valence-corrected chi connectivity index (χ2v) is 8.72. The van der Waals surface area contributed by atoms with Gasteiger partial charge in [-0.25, -0.2) is 13.9 Å². The second-order valence-electron chi connectivity index (χ2n) is 6.89. The Morgan fingerprint density at radius 1 is 1.21 bits per heavy atom. The van der Waals surface area contributed by atoms with Crippen LogP contribution in [0.4, 0.5) is 0 Å². The molecule has 144 valence electrons. The van der Waals surface area contributed by atoms with Crippen molar-refractivity contribution < 1.29 is 4.74 Å². The molecule has 1 aromatic carbocycles. The molecule has 0 spiro atoms. The highest BCUT2D eigenvalue weighted by Crippen LogP contribution is 2.20. The topological polar surface area (TPSA) is 70.5 Å². The minimum atomic E-state index is -0.248. The van der Waals surface area contributed by atoms with Crippen LogP contribution in [-0.2, 0) is 17.8 Å². The fourth-order valence-electron chi connectivity index (χ4n) is 3.66. The fraction of sp³-hybridized carbons (Fsp3) is 0.316. The van der Waals surface area contributed by atoms with Gasteiger partial charge in [0.15, 0.2) is 0 Å². The molecule has 0 amide bonds. The zero-order chi connectivity index (χ0) is 19.3. The summed E-state index contributed by atoms with van der Waals surface area (Å²) in [7, 11) is 0. The van der Waals surface area contributed by atoms with Crippen LogP contribution in [0.2, 0.25) is 0 Å². The highest BCUT2D eigenvalue weighted by Gasteiger charge is 2.22. The van der Waals surface area contributed by atoms with Crippen molar-refractivity contribution in [3.05, 3.63) is 66.6 Å². The molecule has 7 nitrogen and oxygen atoms in total. The number of halogens is 1. The number of hydrogen-bond donors (Lipinski definition) is 0. The van der Waals surface area contributed by atoms with E-state index in [1.54, 1.807) is 15.0 Å². The Labute approximate surface area is 171 Å². The van der Waals surface area contributed by atoms with E-state index in [2.05, 4.69) is 21.0 Å². The molecular formula is C19H17BrN4O3S. The van der Waals surface area contributed by atoms with Gasteiger partial charge in [0, 0.05) is 11.1 Å². The Hall–Kier alpha value is -2.23. The zero-order valence-electron chi connectivity index (χ0n) is 14.9. The molecule has 4 aromatic rings. The lowest BCUT2D eigenvalue weighted by atomic mass is 10.2. The number of hydrogen-bond acceptors (Lipinski definition) is 5. The summed E-state index contributed by atoms with van der Waals surface area (Å²) in [6.45, 7) is 1.46. The maximum absolute atomic E-state index is 13.1. The lowest BCUT2D eigenvalue weighted by molar-refractivity contribution is 0.0969. The molecule has 28 heavy (non-hydrogen) atoms. The van der Waals surface area contributed by atoms with E-state index in [1.807, 2.05) is 29.6 Å². The van der Waals surface area contributed by atoms with Gasteiger partial charge < -0.3 is 4.74 Å². The van der Waals surface area contributed by atoms with Crippen molar-refractivity contribution in [2.45, 2.75) is 32.0 Å². The third-order valence-electron chi connectivity index (χ3n) is 5.04. The van der Waals surface area contributed by atoms with E-state index in [0.717, 1.165) is 22.9 Å². The largest absolute Gasteiger partial charge is 0.376 e. The Morgan fingerprint density at radius 3 is 2.79 bits per heavy atom. The predicted molar refractivity (Wildman–Crippen MR) is 111 cm³/mol. The molecular weight excluding hydrogens is 444 g/mol. The molecule has 0 saturated carbocycles. The van der Waals surface area contributed by atoms with Crippen molar-refractivity contribution in [3.8, 4) is 0 Å². The highest BCUT2D eigenvalue weighted by atomic mass is 79.9. The molecule has 0 bridgehead atoms. The number of fused-ring (bicyclic) bond motifs is 3. The predicted octanol–water partition coefficient (Wildman–Crippen LogP) is 2.86. The summed E-state index contributed by atoms with van der Waals surface area (Å²) in [6.07, 6.45) is 1.87. The molecule has 3 aromatic heterocycles. The smallest absolute Gasteiger partial charge is 0.352 e. The van der Waals surface area contributed by atoms with Crippen molar-refractivity contribution in [1.29, 1.82) is 0 Å². The van der Waals surface area contributed by atoms with Crippen LogP contribution in [0.15, 0.2) is 49.8 Å². The molecule has 0 aliphatic carbocycles. The fourth-order valence-corrected chi connectivity index (χ4v) is 4.74. The van der Waals surface area contributed by atoms with E-state index < -0.39 is 0 Å². The van der Waals surface area contributed by atoms with Gasteiger partial charge in [-0.15, -0.1) is 16.4 Å². The van der Waals surface area contributed by atoms with Gasteiger partial charge in [-0.05, 0) is 42.0 Å². The van der Waals surface area contributed by atoms with Crippen LogP contribution in [0.3, 0.4) is 0 Å². The summed E-state index contributed by atoms with van der Waals surface area (Å²) >= 11 is 4.77. The van der Waals surface area contributed by atoms with E-state index in [4.69, 9.17) is 4.74 Å². The molecule has 1 aliphatic rings. The molecule has 5 rings (SSSR count). The molecule has 9 heteroatoms. The third kappa shape index (κ3) is 2.94. The average molecular weight is 461 g/mol. The second kappa shape index (κ2) is 6.98. The van der Waals surface area contributed by atoms with Crippen molar-refractivity contribution in [2.75, 3.05) is 6.61 Å². The molecule has 1 saturated heterocycles. The van der Waals surface area contributed by atoms with Gasteiger partial charge in [0.1, 0.15) is 4.70 Å². The highest BCUT2D eigenvalue weighted by molar-refractivity contribution is 9.10. The van der Waals surface area contributed by atoms with Gasteiger partial charge in [0.25, 0.3) is 5.56 Å². The van der Waals surface area contributed by atoms with E-state index in [1.165, 1.54) is 16.0 Å². The SMILES string of the molecule is O=c1c2sccc2n2c(=O)n(Cc3ccc(Br)cc3)nc2n1C[C@H]1CCCO1. The van der Waals surface area contributed by atoms with Gasteiger partial charge in [-0.2, -0.15) is 0 Å². The van der Waals surface area contributed by atoms with Gasteiger partial charge in [-0.3, -0.25) is 9.36 Å². The Bertz CT molecular complexity index is 1280. The number of benzene rings is 1. The Morgan fingerprint density at radius 2 is 2.04 bits per heavy atom. The first kappa shape index (κ1) is 17.8. The van der Waals surface area contributed by atoms with Crippen LogP contribution in [0.1, 0.15) is 18.4 Å². The van der Waals surface area contributed by atoms with E-state index in [-0.39, 0.29) is 17.4 Å². The third-order valence-corrected chi connectivity index (χ3v) is 6.46. The van der Waals surface area contributed by atoms with Gasteiger partial charge in [-0.1, -0.05) is 28.1 Å². The Kier molecular flexibility index (Phi) is 4.45. The summed E-state index contributed by atoms with van der Waals surface area (Å²) in [5.74, 6) is 0.369. The van der Waals surface area contributed by atoms with Crippen LogP contribution in [0.25, 0.3) is 16.0 Å². The number of thiophene rings is 1. The molecule has 0 unspecified atom stereocenters. The van der Waals surface area contributed by atoms with Crippen LogP contribution >= 0.6 is 27.3 Å². The van der Waals surface area contributed by atoms with Gasteiger partial charge in [0.05, 0.1) is 24.7 Å². The number of rotatable bonds is 4. The summed E-state index contributed by atoms with van der Waals surface area (Å²) in [5.41, 5.74) is 1.21. The maximum Gasteiger partial charge on any atom is 0.352 e. The van der Waals surface area contributed by atoms with Crippen LogP contribution in [0, 0.1) is 0 Å². The van der Waals surface area contributed by atoms with Crippen molar-refractivity contribution in [3.63, 3.8) is 0 Å². The van der Waals surface area contributed by atoms with Crippen molar-refractivity contribution in [2.24, 2.45) is 0 Å². The van der Waals surface area contributed by atoms with Crippen molar-refractivity contribution >= 4 is 43.3 Å². The van der Waals surface area contributed by atoms with Gasteiger partial charge >= 0.3 is 5.69 Å². The molecule has 1 atom stereocenters. The minimum Gasteiger partial charge on any atom is -0.376 e. The normalized spacial score (nSPS) is 17.1. The van der Waals surface area contributed by atoms with Crippen molar-refractivity contribution in [1.82, 2.24) is 18.7 Å². The number of nitrogens with zero attached hydrogens (tertiary/aromatic N) is 4. The first-order valence-corrected chi connectivity index (χ1v) is 10.7. The lowest BCUT2D eigenvalue weighted by Crippen LogP contribution is -2.29.